The average molecular weight is 256 g/mol. The molecule has 4 heteroatoms. The first kappa shape index (κ1) is 13.8. The first-order valence-corrected chi connectivity index (χ1v) is 6.08. The summed E-state index contributed by atoms with van der Waals surface area (Å²) in [5.74, 6) is -0.0519. The highest BCUT2D eigenvalue weighted by molar-refractivity contribution is 6.33. The van der Waals surface area contributed by atoms with E-state index >= 15 is 0 Å². The monoisotopic (exact) mass is 255 g/mol. The second kappa shape index (κ2) is 6.50. The number of halogens is 1. The van der Waals surface area contributed by atoms with Gasteiger partial charge in [0.1, 0.15) is 0 Å². The second-order valence-corrected chi connectivity index (χ2v) is 4.45. The fraction of sp³-hybridized carbons (Fsp3) is 0.462. The van der Waals surface area contributed by atoms with Crippen molar-refractivity contribution in [2.24, 2.45) is 0 Å². The summed E-state index contributed by atoms with van der Waals surface area (Å²) in [5, 5.41) is 0.544. The van der Waals surface area contributed by atoms with E-state index < -0.39 is 0 Å². The summed E-state index contributed by atoms with van der Waals surface area (Å²) in [4.78, 5) is 11.3. The van der Waals surface area contributed by atoms with E-state index in [9.17, 15) is 4.79 Å². The highest BCUT2D eigenvalue weighted by Gasteiger charge is 2.16. The third kappa shape index (κ3) is 3.93. The molecule has 0 aromatic heterocycles. The number of methoxy groups -OCH3 is 1. The van der Waals surface area contributed by atoms with Crippen molar-refractivity contribution in [1.82, 2.24) is 0 Å². The average Bonchev–Trinajstić information content (AvgIpc) is 2.32. The van der Waals surface area contributed by atoms with Crippen molar-refractivity contribution in [2.75, 3.05) is 12.8 Å². The van der Waals surface area contributed by atoms with Gasteiger partial charge in [-0.1, -0.05) is 31.0 Å². The normalized spacial score (nSPS) is 12.2. The maximum absolute atomic E-state index is 11.3. The van der Waals surface area contributed by atoms with Crippen molar-refractivity contribution in [3.05, 3.63) is 28.8 Å². The number of ether oxygens (including phenoxy) is 1. The van der Waals surface area contributed by atoms with Crippen LogP contribution in [0.4, 0.5) is 5.69 Å². The fourth-order valence-electron chi connectivity index (χ4n) is 1.84. The van der Waals surface area contributed by atoms with Crippen LogP contribution in [0.25, 0.3) is 0 Å². The molecule has 1 atom stereocenters. The van der Waals surface area contributed by atoms with Gasteiger partial charge in [-0.3, -0.25) is 4.79 Å². The van der Waals surface area contributed by atoms with E-state index in [1.54, 1.807) is 6.07 Å². The van der Waals surface area contributed by atoms with Crippen molar-refractivity contribution in [1.29, 1.82) is 0 Å². The molecule has 1 aromatic carbocycles. The fourth-order valence-corrected chi connectivity index (χ4v) is 1.95. The second-order valence-electron chi connectivity index (χ2n) is 4.05. The predicted molar refractivity (Wildman–Crippen MR) is 70.1 cm³/mol. The molecule has 17 heavy (non-hydrogen) atoms. The molecule has 0 bridgehead atoms. The molecule has 1 aromatic rings. The Labute approximate surface area is 107 Å². The number of hydrogen-bond donors (Lipinski definition) is 1. The van der Waals surface area contributed by atoms with Crippen molar-refractivity contribution in [3.63, 3.8) is 0 Å². The summed E-state index contributed by atoms with van der Waals surface area (Å²) in [6, 6.07) is 5.53. The molecule has 1 rings (SSSR count). The molecule has 0 aliphatic heterocycles. The van der Waals surface area contributed by atoms with Crippen molar-refractivity contribution in [2.45, 2.75) is 32.1 Å². The number of carbonyl (C=O) groups excluding carboxylic acids is 1. The molecule has 1 unspecified atom stereocenters. The zero-order valence-corrected chi connectivity index (χ0v) is 11.0. The van der Waals surface area contributed by atoms with Gasteiger partial charge in [0.2, 0.25) is 0 Å². The lowest BCUT2D eigenvalue weighted by atomic mass is 9.91. The Hall–Kier alpha value is -1.22. The Bertz CT molecular complexity index is 393. The van der Waals surface area contributed by atoms with Gasteiger partial charge in [-0.15, -0.1) is 0 Å². The van der Waals surface area contributed by atoms with Crippen LogP contribution in [0, 0.1) is 0 Å². The minimum Gasteiger partial charge on any atom is -0.469 e. The molecular formula is C13H18ClNO2. The van der Waals surface area contributed by atoms with E-state index in [1.165, 1.54) is 7.11 Å². The van der Waals surface area contributed by atoms with Crippen LogP contribution >= 0.6 is 11.6 Å². The van der Waals surface area contributed by atoms with Crippen LogP contribution in [0.5, 0.6) is 0 Å². The molecule has 0 aliphatic carbocycles. The summed E-state index contributed by atoms with van der Waals surface area (Å²) >= 11 is 5.88. The van der Waals surface area contributed by atoms with Crippen LogP contribution < -0.4 is 5.73 Å². The van der Waals surface area contributed by atoms with Crippen LogP contribution in [0.15, 0.2) is 18.2 Å². The summed E-state index contributed by atoms with van der Waals surface area (Å²) in [7, 11) is 1.40. The predicted octanol–water partition coefficient (Wildman–Crippen LogP) is 3.37. The number of hydrogen-bond acceptors (Lipinski definition) is 3. The minimum atomic E-state index is -0.197. The Morgan fingerprint density at radius 2 is 2.24 bits per heavy atom. The van der Waals surface area contributed by atoms with Crippen LogP contribution in [-0.2, 0) is 9.53 Å². The molecule has 0 fully saturated rings. The van der Waals surface area contributed by atoms with E-state index in [2.05, 4.69) is 6.92 Å². The lowest BCUT2D eigenvalue weighted by molar-refractivity contribution is -0.141. The van der Waals surface area contributed by atoms with Crippen LogP contribution in [0.3, 0.4) is 0 Å². The molecule has 3 nitrogen and oxygen atoms in total. The first-order chi connectivity index (χ1) is 8.08. The molecule has 0 aliphatic rings. The van der Waals surface area contributed by atoms with Crippen molar-refractivity contribution >= 4 is 23.3 Å². The summed E-state index contributed by atoms with van der Waals surface area (Å²) in [5.41, 5.74) is 7.36. The SMILES string of the molecule is CCCC(CC(=O)OC)c1ccc(Cl)c(N)c1. The van der Waals surface area contributed by atoms with Gasteiger partial charge >= 0.3 is 5.97 Å². The van der Waals surface area contributed by atoms with Crippen molar-refractivity contribution in [3.8, 4) is 0 Å². The lowest BCUT2D eigenvalue weighted by Crippen LogP contribution is -2.09. The molecule has 2 N–H and O–H groups in total. The molecule has 0 amide bonds. The standard InChI is InChI=1S/C13H18ClNO2/c1-3-4-9(8-13(16)17-2)10-5-6-11(14)12(15)7-10/h5-7,9H,3-4,8,15H2,1-2H3. The van der Waals surface area contributed by atoms with Crippen LogP contribution in [-0.4, -0.2) is 13.1 Å². The van der Waals surface area contributed by atoms with Gasteiger partial charge in [-0.05, 0) is 30.0 Å². The largest absolute Gasteiger partial charge is 0.469 e. The van der Waals surface area contributed by atoms with Crippen LogP contribution in [0.2, 0.25) is 5.02 Å². The molecule has 94 valence electrons. The molecule has 0 radical (unpaired) electrons. The Kier molecular flexibility index (Phi) is 5.29. The summed E-state index contributed by atoms with van der Waals surface area (Å²) in [6.45, 7) is 2.09. The van der Waals surface area contributed by atoms with Gasteiger partial charge in [0, 0.05) is 0 Å². The van der Waals surface area contributed by atoms with Gasteiger partial charge < -0.3 is 10.5 Å². The third-order valence-corrected chi connectivity index (χ3v) is 3.11. The molecule has 0 saturated carbocycles. The lowest BCUT2D eigenvalue weighted by Gasteiger charge is -2.16. The van der Waals surface area contributed by atoms with E-state index in [4.69, 9.17) is 22.1 Å². The van der Waals surface area contributed by atoms with Crippen molar-refractivity contribution < 1.29 is 9.53 Å². The molecule has 0 saturated heterocycles. The Morgan fingerprint density at radius 3 is 2.76 bits per heavy atom. The number of nitrogens with two attached hydrogens (primary N) is 1. The quantitative estimate of drug-likeness (QED) is 0.648. The zero-order valence-electron chi connectivity index (χ0n) is 10.2. The molecular weight excluding hydrogens is 238 g/mol. The molecule has 0 heterocycles. The van der Waals surface area contributed by atoms with Crippen LogP contribution in [0.1, 0.15) is 37.7 Å². The van der Waals surface area contributed by atoms with E-state index in [1.807, 2.05) is 12.1 Å². The van der Waals surface area contributed by atoms with E-state index in [0.717, 1.165) is 18.4 Å². The Balaban J connectivity index is 2.88. The van der Waals surface area contributed by atoms with E-state index in [0.29, 0.717) is 17.1 Å². The zero-order chi connectivity index (χ0) is 12.8. The smallest absolute Gasteiger partial charge is 0.306 e. The first-order valence-electron chi connectivity index (χ1n) is 5.70. The minimum absolute atomic E-state index is 0.145. The number of rotatable bonds is 5. The summed E-state index contributed by atoms with van der Waals surface area (Å²) in [6.07, 6.45) is 2.31. The van der Waals surface area contributed by atoms with Gasteiger partial charge in [0.15, 0.2) is 0 Å². The number of nitrogen functional groups attached to an aromatic ring is 1. The number of carbonyl (C=O) groups is 1. The summed E-state index contributed by atoms with van der Waals surface area (Å²) < 4.78 is 4.71. The third-order valence-electron chi connectivity index (χ3n) is 2.77. The molecule has 0 spiro atoms. The topological polar surface area (TPSA) is 52.3 Å². The van der Waals surface area contributed by atoms with Gasteiger partial charge in [0.25, 0.3) is 0 Å². The maximum atomic E-state index is 11.3. The van der Waals surface area contributed by atoms with Gasteiger partial charge in [0.05, 0.1) is 24.2 Å². The number of anilines is 1. The number of benzene rings is 1. The number of esters is 1. The highest BCUT2D eigenvalue weighted by atomic mass is 35.5. The van der Waals surface area contributed by atoms with Gasteiger partial charge in [-0.2, -0.15) is 0 Å². The van der Waals surface area contributed by atoms with Gasteiger partial charge in [-0.25, -0.2) is 0 Å². The highest BCUT2D eigenvalue weighted by Crippen LogP contribution is 2.29. The van der Waals surface area contributed by atoms with E-state index in [-0.39, 0.29) is 11.9 Å². The Morgan fingerprint density at radius 1 is 1.53 bits per heavy atom. The maximum Gasteiger partial charge on any atom is 0.306 e.